The van der Waals surface area contributed by atoms with E-state index in [9.17, 15) is 4.79 Å². The van der Waals surface area contributed by atoms with Gasteiger partial charge in [-0.25, -0.2) is 9.78 Å². The maximum atomic E-state index is 11.8. The van der Waals surface area contributed by atoms with Crippen molar-refractivity contribution in [1.29, 1.82) is 0 Å². The lowest BCUT2D eigenvalue weighted by Gasteiger charge is -2.11. The van der Waals surface area contributed by atoms with Crippen LogP contribution in [0.25, 0.3) is 10.8 Å². The fourth-order valence-electron chi connectivity index (χ4n) is 1.97. The van der Waals surface area contributed by atoms with E-state index < -0.39 is 0 Å². The number of anilines is 1. The number of nitrogens with zero attached hydrogens (tertiary/aromatic N) is 2. The van der Waals surface area contributed by atoms with E-state index in [1.54, 1.807) is 6.20 Å². The molecule has 0 aliphatic heterocycles. The molecule has 5 nitrogen and oxygen atoms in total. The van der Waals surface area contributed by atoms with Crippen LogP contribution in [0, 0.1) is 0 Å². The minimum atomic E-state index is -0.215. The molecule has 21 heavy (non-hydrogen) atoms. The molecule has 114 valence electrons. The summed E-state index contributed by atoms with van der Waals surface area (Å²) < 4.78 is 0. The van der Waals surface area contributed by atoms with Gasteiger partial charge in [0.2, 0.25) is 0 Å². The van der Waals surface area contributed by atoms with Crippen molar-refractivity contribution in [2.24, 2.45) is 0 Å². The number of hydrogen-bond acceptors (Lipinski definition) is 3. The molecule has 1 aromatic heterocycles. The zero-order chi connectivity index (χ0) is 14.4. The molecule has 0 radical (unpaired) electrons. The Balaban J connectivity index is 0.00000220. The van der Waals surface area contributed by atoms with Gasteiger partial charge in [0.1, 0.15) is 5.82 Å². The van der Waals surface area contributed by atoms with Gasteiger partial charge in [-0.05, 0) is 38.5 Å². The summed E-state index contributed by atoms with van der Waals surface area (Å²) in [6, 6.07) is 9.56. The first-order valence-corrected chi connectivity index (χ1v) is 6.70. The Kier molecular flexibility index (Phi) is 6.62. The Labute approximate surface area is 126 Å². The van der Waals surface area contributed by atoms with Gasteiger partial charge in [0.15, 0.2) is 0 Å². The summed E-state index contributed by atoms with van der Waals surface area (Å²) in [6.45, 7) is 1.60. The predicted molar refractivity (Wildman–Crippen MR) is 88.7 cm³/mol. The van der Waals surface area contributed by atoms with E-state index in [2.05, 4.69) is 20.5 Å². The van der Waals surface area contributed by atoms with Gasteiger partial charge in [-0.15, -0.1) is 0 Å². The van der Waals surface area contributed by atoms with Crippen molar-refractivity contribution in [3.05, 3.63) is 36.5 Å². The fourth-order valence-corrected chi connectivity index (χ4v) is 1.97. The van der Waals surface area contributed by atoms with Crippen LogP contribution in [0.4, 0.5) is 10.6 Å². The van der Waals surface area contributed by atoms with Crippen LogP contribution < -0.4 is 10.6 Å². The summed E-state index contributed by atoms with van der Waals surface area (Å²) >= 11 is 0. The van der Waals surface area contributed by atoms with Gasteiger partial charge in [0, 0.05) is 18.1 Å². The van der Waals surface area contributed by atoms with Crippen molar-refractivity contribution in [3.8, 4) is 0 Å². The third-order valence-corrected chi connectivity index (χ3v) is 2.97. The first-order chi connectivity index (χ1) is 9.66. The van der Waals surface area contributed by atoms with E-state index in [0.29, 0.717) is 12.4 Å². The highest BCUT2D eigenvalue weighted by atomic mass is 16.2. The first-order valence-electron chi connectivity index (χ1n) is 6.70. The van der Waals surface area contributed by atoms with E-state index in [1.807, 2.05) is 44.4 Å². The third-order valence-electron chi connectivity index (χ3n) is 2.97. The lowest BCUT2D eigenvalue weighted by atomic mass is 10.1. The number of fused-ring (bicyclic) bond motifs is 1. The molecule has 5 heteroatoms. The molecule has 2 N–H and O–H groups in total. The molecule has 0 aliphatic rings. The molecule has 2 rings (SSSR count). The minimum absolute atomic E-state index is 0. The van der Waals surface area contributed by atoms with Crippen LogP contribution in [0.1, 0.15) is 13.8 Å². The van der Waals surface area contributed by atoms with Gasteiger partial charge in [-0.2, -0.15) is 0 Å². The number of aromatic nitrogens is 1. The normalized spacial score (nSPS) is 10.2. The standard InChI is InChI=1S/C15H20N4O.CH4/c1-19(2)11-5-9-17-15(20)18-14-13-7-4-3-6-12(13)8-10-16-14;/h3-4,6-8,10H,5,9,11H2,1-2H3,(H2,16,17,18,20);1H4. The molecule has 0 fully saturated rings. The van der Waals surface area contributed by atoms with Crippen LogP contribution in [-0.4, -0.2) is 43.1 Å². The second kappa shape index (κ2) is 8.21. The Morgan fingerprint density at radius 3 is 2.76 bits per heavy atom. The SMILES string of the molecule is C.CN(C)CCCNC(=O)Nc1nccc2ccccc12. The quantitative estimate of drug-likeness (QED) is 0.832. The Hall–Kier alpha value is -2.14. The summed E-state index contributed by atoms with van der Waals surface area (Å²) in [6.07, 6.45) is 2.62. The van der Waals surface area contributed by atoms with Crippen molar-refractivity contribution in [3.63, 3.8) is 0 Å². The second-order valence-electron chi connectivity index (χ2n) is 4.92. The van der Waals surface area contributed by atoms with E-state index in [-0.39, 0.29) is 13.5 Å². The van der Waals surface area contributed by atoms with Crippen molar-refractivity contribution in [2.45, 2.75) is 13.8 Å². The maximum Gasteiger partial charge on any atom is 0.320 e. The van der Waals surface area contributed by atoms with Gasteiger partial charge in [0.25, 0.3) is 0 Å². The number of carbonyl (C=O) groups excluding carboxylic acids is 1. The molecule has 2 amide bonds. The maximum absolute atomic E-state index is 11.8. The summed E-state index contributed by atoms with van der Waals surface area (Å²) in [5.74, 6) is 0.591. The highest BCUT2D eigenvalue weighted by Crippen LogP contribution is 2.19. The molecule has 0 aliphatic carbocycles. The van der Waals surface area contributed by atoms with Crippen LogP contribution in [-0.2, 0) is 0 Å². The van der Waals surface area contributed by atoms with E-state index in [0.717, 1.165) is 23.7 Å². The first kappa shape index (κ1) is 16.9. The van der Waals surface area contributed by atoms with Gasteiger partial charge >= 0.3 is 6.03 Å². The zero-order valence-electron chi connectivity index (χ0n) is 11.9. The van der Waals surface area contributed by atoms with Crippen LogP contribution in [0.5, 0.6) is 0 Å². The van der Waals surface area contributed by atoms with Crippen molar-refractivity contribution in [2.75, 3.05) is 32.5 Å². The highest BCUT2D eigenvalue weighted by molar-refractivity contribution is 5.99. The van der Waals surface area contributed by atoms with Gasteiger partial charge < -0.3 is 10.2 Å². The number of urea groups is 1. The zero-order valence-corrected chi connectivity index (χ0v) is 11.9. The van der Waals surface area contributed by atoms with E-state index in [1.165, 1.54) is 0 Å². The highest BCUT2D eigenvalue weighted by Gasteiger charge is 2.05. The topological polar surface area (TPSA) is 57.3 Å². The summed E-state index contributed by atoms with van der Waals surface area (Å²) in [7, 11) is 4.03. The molecular formula is C16H24N4O. The lowest BCUT2D eigenvalue weighted by molar-refractivity contribution is 0.251. The molecule has 0 saturated heterocycles. The molecule has 0 spiro atoms. The smallest absolute Gasteiger partial charge is 0.320 e. The van der Waals surface area contributed by atoms with Crippen LogP contribution in [0.2, 0.25) is 0 Å². The predicted octanol–water partition coefficient (Wildman–Crippen LogP) is 2.94. The third kappa shape index (κ3) is 5.04. The number of rotatable bonds is 5. The molecule has 2 aromatic rings. The second-order valence-corrected chi connectivity index (χ2v) is 4.92. The molecule has 1 aromatic carbocycles. The van der Waals surface area contributed by atoms with Crippen molar-refractivity contribution >= 4 is 22.6 Å². The molecule has 0 atom stereocenters. The number of benzene rings is 1. The van der Waals surface area contributed by atoms with Gasteiger partial charge in [-0.1, -0.05) is 31.7 Å². The molecule has 1 heterocycles. The van der Waals surface area contributed by atoms with E-state index >= 15 is 0 Å². The monoisotopic (exact) mass is 288 g/mol. The van der Waals surface area contributed by atoms with Crippen molar-refractivity contribution in [1.82, 2.24) is 15.2 Å². The number of hydrogen-bond donors (Lipinski definition) is 2. The molecular weight excluding hydrogens is 264 g/mol. The average molecular weight is 288 g/mol. The van der Waals surface area contributed by atoms with Gasteiger partial charge in [-0.3, -0.25) is 5.32 Å². The Morgan fingerprint density at radius 2 is 2.00 bits per heavy atom. The Morgan fingerprint density at radius 1 is 1.24 bits per heavy atom. The van der Waals surface area contributed by atoms with Crippen LogP contribution in [0.15, 0.2) is 36.5 Å². The molecule has 0 unspecified atom stereocenters. The Bertz CT molecular complexity index is 578. The van der Waals surface area contributed by atoms with E-state index in [4.69, 9.17) is 0 Å². The van der Waals surface area contributed by atoms with Crippen LogP contribution >= 0.6 is 0 Å². The largest absolute Gasteiger partial charge is 0.338 e. The summed E-state index contributed by atoms with van der Waals surface area (Å²) in [4.78, 5) is 18.1. The van der Waals surface area contributed by atoms with Gasteiger partial charge in [0.05, 0.1) is 0 Å². The fraction of sp³-hybridized carbons (Fsp3) is 0.375. The molecule has 0 bridgehead atoms. The van der Waals surface area contributed by atoms with Crippen molar-refractivity contribution < 1.29 is 4.79 Å². The minimum Gasteiger partial charge on any atom is -0.338 e. The summed E-state index contributed by atoms with van der Waals surface area (Å²) in [5, 5.41) is 7.64. The number of nitrogens with one attached hydrogen (secondary N) is 2. The number of pyridine rings is 1. The lowest BCUT2D eigenvalue weighted by Crippen LogP contribution is -2.31. The number of amides is 2. The molecule has 0 saturated carbocycles. The van der Waals surface area contributed by atoms with Crippen LogP contribution in [0.3, 0.4) is 0 Å². The summed E-state index contributed by atoms with van der Waals surface area (Å²) in [5.41, 5.74) is 0. The average Bonchev–Trinajstić information content (AvgIpc) is 2.44. The number of carbonyl (C=O) groups is 1.